The van der Waals surface area contributed by atoms with Crippen LogP contribution in [0.2, 0.25) is 0 Å². The van der Waals surface area contributed by atoms with Gasteiger partial charge in [-0.15, -0.1) is 0 Å². The van der Waals surface area contributed by atoms with Crippen molar-refractivity contribution in [2.24, 2.45) is 4.99 Å². The van der Waals surface area contributed by atoms with E-state index < -0.39 is 0 Å². The van der Waals surface area contributed by atoms with Gasteiger partial charge in [-0.3, -0.25) is 0 Å². The summed E-state index contributed by atoms with van der Waals surface area (Å²) in [7, 11) is 0. The molecule has 8 aromatic carbocycles. The molecule has 1 aliphatic heterocycles. The Balaban J connectivity index is 1.14. The number of anilines is 3. The van der Waals surface area contributed by atoms with Crippen molar-refractivity contribution in [3.63, 3.8) is 0 Å². The van der Waals surface area contributed by atoms with Crippen molar-refractivity contribution in [3.05, 3.63) is 205 Å². The molecular weight excluding hydrogens is 675 g/mol. The number of hydrogen-bond donors (Lipinski definition) is 1. The third kappa shape index (κ3) is 5.28. The zero-order valence-electron chi connectivity index (χ0n) is 29.7. The fraction of sp³-hybridized carbons (Fsp3) is 0.0200. The predicted octanol–water partition coefficient (Wildman–Crippen LogP) is 13.4. The monoisotopic (exact) mass is 707 g/mol. The Bertz CT molecular complexity index is 3070. The molecule has 0 radical (unpaired) electrons. The number of aliphatic imine (C=N–C) groups is 1. The molecule has 10 aromatic rings. The largest absolute Gasteiger partial charge is 0.456 e. The molecule has 0 saturated heterocycles. The summed E-state index contributed by atoms with van der Waals surface area (Å²) in [6.45, 7) is 0. The number of rotatable bonds is 6. The number of para-hydroxylation sites is 3. The van der Waals surface area contributed by atoms with Gasteiger partial charge in [-0.1, -0.05) is 133 Å². The number of hydrogen-bond acceptors (Lipinski definition) is 5. The van der Waals surface area contributed by atoms with E-state index in [0.717, 1.165) is 83.9 Å². The number of benzene rings is 8. The van der Waals surface area contributed by atoms with Crippen LogP contribution in [0.5, 0.6) is 0 Å². The van der Waals surface area contributed by atoms with E-state index in [4.69, 9.17) is 13.8 Å². The van der Waals surface area contributed by atoms with E-state index in [0.29, 0.717) is 0 Å². The number of fused-ring (bicyclic) bond motifs is 7. The van der Waals surface area contributed by atoms with Gasteiger partial charge in [0.25, 0.3) is 0 Å². The quantitative estimate of drug-likeness (QED) is 0.187. The van der Waals surface area contributed by atoms with Gasteiger partial charge in [-0.05, 0) is 76.0 Å². The number of nitrogens with zero attached hydrogens (tertiary/aromatic N) is 2. The summed E-state index contributed by atoms with van der Waals surface area (Å²) in [5.74, 6) is 1.55. The van der Waals surface area contributed by atoms with Gasteiger partial charge in [0, 0.05) is 39.2 Å². The molecule has 1 N–H and O–H groups in total. The Kier molecular flexibility index (Phi) is 7.17. The Morgan fingerprint density at radius 2 is 1.13 bits per heavy atom. The summed E-state index contributed by atoms with van der Waals surface area (Å²) < 4.78 is 13.3. The summed E-state index contributed by atoms with van der Waals surface area (Å²) in [4.78, 5) is 7.72. The first-order valence-electron chi connectivity index (χ1n) is 18.6. The molecule has 0 fully saturated rings. The topological polar surface area (TPSA) is 53.9 Å². The first kappa shape index (κ1) is 31.2. The lowest BCUT2D eigenvalue weighted by Gasteiger charge is -2.28. The minimum atomic E-state index is -0.290. The molecule has 11 rings (SSSR count). The minimum Gasteiger partial charge on any atom is -0.456 e. The third-order valence-corrected chi connectivity index (χ3v) is 10.7. The molecule has 0 amide bonds. The lowest BCUT2D eigenvalue weighted by molar-refractivity contribution is 0.504. The van der Waals surface area contributed by atoms with Crippen LogP contribution in [0.3, 0.4) is 0 Å². The van der Waals surface area contributed by atoms with Crippen molar-refractivity contribution in [3.8, 4) is 11.1 Å². The van der Waals surface area contributed by atoms with Crippen LogP contribution in [0.15, 0.2) is 202 Å². The molecule has 5 nitrogen and oxygen atoms in total. The summed E-state index contributed by atoms with van der Waals surface area (Å²) in [6.07, 6.45) is 0. The molecule has 1 aliphatic rings. The SMILES string of the molecule is c1ccc(-c2ccc(C3NC(c4cc(N(c5ccccc5)c5ccc6ccccc6c5)cc5oc6ccccc6c45)=Nc4c3oc3ccccc43)cc2)cc1. The van der Waals surface area contributed by atoms with E-state index in [1.54, 1.807) is 0 Å². The van der Waals surface area contributed by atoms with Gasteiger partial charge in [-0.2, -0.15) is 0 Å². The second-order valence-corrected chi connectivity index (χ2v) is 14.0. The van der Waals surface area contributed by atoms with Gasteiger partial charge in [0.2, 0.25) is 0 Å². The highest BCUT2D eigenvalue weighted by Crippen LogP contribution is 2.45. The van der Waals surface area contributed by atoms with Crippen LogP contribution in [0, 0.1) is 0 Å². The lowest BCUT2D eigenvalue weighted by atomic mass is 9.96. The Morgan fingerprint density at radius 1 is 0.473 bits per heavy atom. The number of furan rings is 2. The second kappa shape index (κ2) is 12.6. The molecule has 1 atom stereocenters. The number of amidine groups is 1. The van der Waals surface area contributed by atoms with Gasteiger partial charge < -0.3 is 19.1 Å². The van der Waals surface area contributed by atoms with Crippen LogP contribution in [0.4, 0.5) is 22.7 Å². The molecule has 1 unspecified atom stereocenters. The number of nitrogens with one attached hydrogen (secondary N) is 1. The molecule has 0 saturated carbocycles. The molecule has 2 aromatic heterocycles. The molecule has 0 bridgehead atoms. The Labute approximate surface area is 317 Å². The standard InChI is InChI=1S/C50H33N3O2/c1-3-13-32(14-4-1)34-23-25-35(26-24-34)47-49-48(41-20-10-12-22-44(41)55-49)52-50(51-47)42-30-39(31-45-46(42)40-19-9-11-21-43(40)54-45)53(37-17-5-2-6-18-37)38-28-27-33-15-7-8-16-36(33)29-38/h1-31,47H,(H,51,52). The van der Waals surface area contributed by atoms with Crippen molar-refractivity contribution >= 4 is 72.3 Å². The molecule has 55 heavy (non-hydrogen) atoms. The van der Waals surface area contributed by atoms with Gasteiger partial charge in [-0.25, -0.2) is 4.99 Å². The fourth-order valence-electron chi connectivity index (χ4n) is 8.08. The van der Waals surface area contributed by atoms with E-state index >= 15 is 0 Å². The minimum absolute atomic E-state index is 0.290. The highest BCUT2D eigenvalue weighted by molar-refractivity contribution is 6.20. The van der Waals surface area contributed by atoms with Crippen LogP contribution < -0.4 is 10.2 Å². The molecule has 0 aliphatic carbocycles. The van der Waals surface area contributed by atoms with Gasteiger partial charge >= 0.3 is 0 Å². The van der Waals surface area contributed by atoms with Crippen LogP contribution in [-0.4, -0.2) is 5.84 Å². The maximum absolute atomic E-state index is 6.68. The van der Waals surface area contributed by atoms with E-state index in [1.165, 1.54) is 16.3 Å². The summed E-state index contributed by atoms with van der Waals surface area (Å²) in [6, 6.07) is 65.4. The second-order valence-electron chi connectivity index (χ2n) is 14.0. The van der Waals surface area contributed by atoms with Gasteiger partial charge in [0.15, 0.2) is 5.76 Å². The summed E-state index contributed by atoms with van der Waals surface area (Å²) in [5.41, 5.74) is 10.7. The smallest absolute Gasteiger partial charge is 0.157 e. The summed E-state index contributed by atoms with van der Waals surface area (Å²) in [5, 5.41) is 9.26. The Hall–Kier alpha value is -7.37. The van der Waals surface area contributed by atoms with E-state index in [2.05, 4.69) is 162 Å². The predicted molar refractivity (Wildman–Crippen MR) is 225 cm³/mol. The highest BCUT2D eigenvalue weighted by Gasteiger charge is 2.32. The molecule has 5 heteroatoms. The van der Waals surface area contributed by atoms with Crippen LogP contribution >= 0.6 is 0 Å². The molecule has 260 valence electrons. The average molecular weight is 708 g/mol. The average Bonchev–Trinajstić information content (AvgIpc) is 3.82. The summed E-state index contributed by atoms with van der Waals surface area (Å²) >= 11 is 0. The Morgan fingerprint density at radius 3 is 1.93 bits per heavy atom. The first-order chi connectivity index (χ1) is 27.2. The van der Waals surface area contributed by atoms with E-state index in [-0.39, 0.29) is 6.04 Å². The van der Waals surface area contributed by atoms with E-state index in [9.17, 15) is 0 Å². The zero-order valence-corrected chi connectivity index (χ0v) is 29.7. The third-order valence-electron chi connectivity index (χ3n) is 10.7. The van der Waals surface area contributed by atoms with Crippen molar-refractivity contribution in [1.29, 1.82) is 0 Å². The molecule has 0 spiro atoms. The van der Waals surface area contributed by atoms with Gasteiger partial charge in [0.05, 0.1) is 5.69 Å². The van der Waals surface area contributed by atoms with Crippen molar-refractivity contribution in [2.45, 2.75) is 6.04 Å². The maximum Gasteiger partial charge on any atom is 0.157 e. The van der Waals surface area contributed by atoms with Crippen molar-refractivity contribution < 1.29 is 8.83 Å². The van der Waals surface area contributed by atoms with Crippen LogP contribution in [-0.2, 0) is 0 Å². The highest BCUT2D eigenvalue weighted by atomic mass is 16.3. The first-order valence-corrected chi connectivity index (χ1v) is 18.6. The fourth-order valence-corrected chi connectivity index (χ4v) is 8.08. The van der Waals surface area contributed by atoms with E-state index in [1.807, 2.05) is 36.4 Å². The zero-order chi connectivity index (χ0) is 36.3. The lowest BCUT2D eigenvalue weighted by Crippen LogP contribution is -2.32. The normalized spacial score (nSPS) is 13.9. The van der Waals surface area contributed by atoms with Gasteiger partial charge in [0.1, 0.15) is 34.3 Å². The van der Waals surface area contributed by atoms with Crippen LogP contribution in [0.1, 0.15) is 22.9 Å². The van der Waals surface area contributed by atoms with Crippen molar-refractivity contribution in [1.82, 2.24) is 5.32 Å². The van der Waals surface area contributed by atoms with Crippen molar-refractivity contribution in [2.75, 3.05) is 4.90 Å². The molecular formula is C50H33N3O2. The van der Waals surface area contributed by atoms with Crippen LogP contribution in [0.25, 0.3) is 54.8 Å². The maximum atomic E-state index is 6.68. The molecule has 3 heterocycles.